The molecule has 0 bridgehead atoms. The lowest BCUT2D eigenvalue weighted by atomic mass is 10.1. The largest absolute Gasteiger partial charge is 0.334 e. The van der Waals surface area contributed by atoms with Crippen molar-refractivity contribution in [3.8, 4) is 0 Å². The number of carbonyl (C=O) groups is 1. The summed E-state index contributed by atoms with van der Waals surface area (Å²) in [5, 5.41) is 6.81. The van der Waals surface area contributed by atoms with Gasteiger partial charge in [0.05, 0.1) is 6.54 Å². The monoisotopic (exact) mass is 290 g/mol. The highest BCUT2D eigenvalue weighted by atomic mass is 32.2. The average Bonchev–Trinajstić information content (AvgIpc) is 2.84. The molecule has 0 saturated carbocycles. The first-order chi connectivity index (χ1) is 9.60. The number of aromatic nitrogens is 3. The summed E-state index contributed by atoms with van der Waals surface area (Å²) in [6.07, 6.45) is 2.06. The maximum Gasteiger partial charge on any atom is 0.254 e. The fraction of sp³-hybridized carbons (Fsp3) is 0.357. The number of nitrogens with one attached hydrogen (secondary N) is 1. The van der Waals surface area contributed by atoms with E-state index in [0.717, 1.165) is 11.6 Å². The normalized spacial score (nSPS) is 10.6. The Kier molecular flexibility index (Phi) is 4.79. The van der Waals surface area contributed by atoms with E-state index in [-0.39, 0.29) is 5.91 Å². The van der Waals surface area contributed by atoms with E-state index in [1.54, 1.807) is 23.7 Å². The summed E-state index contributed by atoms with van der Waals surface area (Å²) in [5.74, 6) is 2.31. The lowest BCUT2D eigenvalue weighted by Crippen LogP contribution is -2.26. The number of aromatic amines is 1. The van der Waals surface area contributed by atoms with Gasteiger partial charge >= 0.3 is 0 Å². The van der Waals surface area contributed by atoms with Gasteiger partial charge in [-0.1, -0.05) is 12.1 Å². The van der Waals surface area contributed by atoms with Crippen LogP contribution >= 0.6 is 11.8 Å². The van der Waals surface area contributed by atoms with Crippen molar-refractivity contribution in [2.24, 2.45) is 0 Å². The van der Waals surface area contributed by atoms with Gasteiger partial charge in [-0.2, -0.15) is 16.9 Å². The van der Waals surface area contributed by atoms with Gasteiger partial charge in [0.15, 0.2) is 5.82 Å². The Labute approximate surface area is 122 Å². The van der Waals surface area contributed by atoms with E-state index in [9.17, 15) is 4.79 Å². The van der Waals surface area contributed by atoms with Gasteiger partial charge in [-0.25, -0.2) is 4.98 Å². The van der Waals surface area contributed by atoms with Crippen LogP contribution in [0.3, 0.4) is 0 Å². The van der Waals surface area contributed by atoms with Gasteiger partial charge < -0.3 is 4.90 Å². The second-order valence-electron chi connectivity index (χ2n) is 4.63. The van der Waals surface area contributed by atoms with Gasteiger partial charge in [0.2, 0.25) is 0 Å². The van der Waals surface area contributed by atoms with Crippen LogP contribution in [0.15, 0.2) is 24.3 Å². The standard InChI is InChI=1S/C14H18N4OS/c1-10-15-13(17-16-10)8-18(2)14(19)12-6-4-11(5-7-12)9-20-3/h4-7H,8-9H2,1-3H3,(H,15,16,17). The van der Waals surface area contributed by atoms with E-state index >= 15 is 0 Å². The third kappa shape index (κ3) is 3.60. The fourth-order valence-electron chi connectivity index (χ4n) is 1.87. The summed E-state index contributed by atoms with van der Waals surface area (Å²) in [6, 6.07) is 7.73. The summed E-state index contributed by atoms with van der Waals surface area (Å²) in [7, 11) is 1.75. The van der Waals surface area contributed by atoms with E-state index in [4.69, 9.17) is 0 Å². The number of carbonyl (C=O) groups excluding carboxylic acids is 1. The van der Waals surface area contributed by atoms with Gasteiger partial charge in [-0.15, -0.1) is 0 Å². The van der Waals surface area contributed by atoms with Crippen LogP contribution in [-0.2, 0) is 12.3 Å². The second-order valence-corrected chi connectivity index (χ2v) is 5.49. The molecule has 0 unspecified atom stereocenters. The van der Waals surface area contributed by atoms with Crippen LogP contribution in [0.25, 0.3) is 0 Å². The smallest absolute Gasteiger partial charge is 0.254 e. The minimum atomic E-state index is -0.0249. The number of hydrogen-bond acceptors (Lipinski definition) is 4. The Morgan fingerprint density at radius 2 is 2.05 bits per heavy atom. The van der Waals surface area contributed by atoms with Crippen molar-refractivity contribution in [2.75, 3.05) is 13.3 Å². The number of benzene rings is 1. The van der Waals surface area contributed by atoms with Crippen molar-refractivity contribution in [2.45, 2.75) is 19.2 Å². The number of hydrogen-bond donors (Lipinski definition) is 1. The first kappa shape index (κ1) is 14.6. The molecule has 1 aromatic carbocycles. The number of aryl methyl sites for hydroxylation is 1. The maximum absolute atomic E-state index is 12.3. The number of nitrogens with zero attached hydrogens (tertiary/aromatic N) is 3. The summed E-state index contributed by atoms with van der Waals surface area (Å²) < 4.78 is 0. The first-order valence-corrected chi connectivity index (χ1v) is 7.70. The van der Waals surface area contributed by atoms with Crippen molar-refractivity contribution in [3.63, 3.8) is 0 Å². The molecule has 1 N–H and O–H groups in total. The lowest BCUT2D eigenvalue weighted by molar-refractivity contribution is 0.0781. The number of H-pyrrole nitrogens is 1. The van der Waals surface area contributed by atoms with Crippen LogP contribution in [-0.4, -0.2) is 39.3 Å². The number of thioether (sulfide) groups is 1. The molecule has 0 atom stereocenters. The zero-order valence-corrected chi connectivity index (χ0v) is 12.7. The van der Waals surface area contributed by atoms with E-state index in [0.29, 0.717) is 17.9 Å². The van der Waals surface area contributed by atoms with Crippen molar-refractivity contribution >= 4 is 17.7 Å². The van der Waals surface area contributed by atoms with Gasteiger partial charge in [-0.05, 0) is 30.9 Å². The predicted octanol–water partition coefficient (Wildman–Crippen LogP) is 2.25. The molecule has 0 aliphatic rings. The van der Waals surface area contributed by atoms with Gasteiger partial charge in [-0.3, -0.25) is 9.89 Å². The molecular weight excluding hydrogens is 272 g/mol. The molecule has 2 aromatic rings. The fourth-order valence-corrected chi connectivity index (χ4v) is 2.40. The Hall–Kier alpha value is -1.82. The summed E-state index contributed by atoms with van der Waals surface area (Å²) in [5.41, 5.74) is 1.91. The van der Waals surface area contributed by atoms with Crippen LogP contribution in [0.4, 0.5) is 0 Å². The quantitative estimate of drug-likeness (QED) is 0.917. The van der Waals surface area contributed by atoms with Gasteiger partial charge in [0.25, 0.3) is 5.91 Å². The SMILES string of the molecule is CSCc1ccc(C(=O)N(C)Cc2n[nH]c(C)n2)cc1. The molecule has 5 nitrogen and oxygen atoms in total. The third-order valence-electron chi connectivity index (χ3n) is 2.88. The Morgan fingerprint density at radius 3 is 2.60 bits per heavy atom. The second kappa shape index (κ2) is 6.56. The third-order valence-corrected chi connectivity index (χ3v) is 3.50. The highest BCUT2D eigenvalue weighted by Crippen LogP contribution is 2.12. The molecule has 106 valence electrons. The molecule has 0 aliphatic heterocycles. The molecular formula is C14H18N4OS. The summed E-state index contributed by atoms with van der Waals surface area (Å²) >= 11 is 1.76. The van der Waals surface area contributed by atoms with Crippen molar-refractivity contribution in [1.29, 1.82) is 0 Å². The van der Waals surface area contributed by atoms with Crippen LogP contribution in [0.2, 0.25) is 0 Å². The molecule has 6 heteroatoms. The summed E-state index contributed by atoms with van der Waals surface area (Å²) in [4.78, 5) is 18.1. The minimum absolute atomic E-state index is 0.0249. The summed E-state index contributed by atoms with van der Waals surface area (Å²) in [6.45, 7) is 2.23. The van der Waals surface area contributed by atoms with Crippen LogP contribution < -0.4 is 0 Å². The van der Waals surface area contributed by atoms with E-state index in [2.05, 4.69) is 21.4 Å². The van der Waals surface area contributed by atoms with Crippen LogP contribution in [0.1, 0.15) is 27.6 Å². The predicted molar refractivity (Wildman–Crippen MR) is 80.6 cm³/mol. The van der Waals surface area contributed by atoms with Crippen LogP contribution in [0, 0.1) is 6.92 Å². The first-order valence-electron chi connectivity index (χ1n) is 6.31. The lowest BCUT2D eigenvalue weighted by Gasteiger charge is -2.15. The molecule has 1 heterocycles. The van der Waals surface area contributed by atoms with Gasteiger partial charge in [0, 0.05) is 18.4 Å². The van der Waals surface area contributed by atoms with Crippen molar-refractivity contribution < 1.29 is 4.79 Å². The molecule has 0 spiro atoms. The Morgan fingerprint density at radius 1 is 1.35 bits per heavy atom. The molecule has 1 amide bonds. The maximum atomic E-state index is 12.3. The Bertz CT molecular complexity index is 579. The van der Waals surface area contributed by atoms with Crippen molar-refractivity contribution in [3.05, 3.63) is 47.0 Å². The highest BCUT2D eigenvalue weighted by Gasteiger charge is 2.13. The van der Waals surface area contributed by atoms with Crippen LogP contribution in [0.5, 0.6) is 0 Å². The number of amides is 1. The zero-order chi connectivity index (χ0) is 14.5. The topological polar surface area (TPSA) is 61.9 Å². The molecule has 1 aromatic heterocycles. The average molecular weight is 290 g/mol. The molecule has 20 heavy (non-hydrogen) atoms. The van der Waals surface area contributed by atoms with E-state index in [1.807, 2.05) is 31.2 Å². The minimum Gasteiger partial charge on any atom is -0.334 e. The molecule has 0 radical (unpaired) electrons. The Balaban J connectivity index is 2.02. The van der Waals surface area contributed by atoms with Crippen molar-refractivity contribution in [1.82, 2.24) is 20.1 Å². The molecule has 2 rings (SSSR count). The number of rotatable bonds is 5. The molecule has 0 saturated heterocycles. The highest BCUT2D eigenvalue weighted by molar-refractivity contribution is 7.97. The van der Waals surface area contributed by atoms with E-state index in [1.165, 1.54) is 5.56 Å². The molecule has 0 fully saturated rings. The van der Waals surface area contributed by atoms with Gasteiger partial charge in [0.1, 0.15) is 5.82 Å². The zero-order valence-electron chi connectivity index (χ0n) is 11.9. The van der Waals surface area contributed by atoms with E-state index < -0.39 is 0 Å². The molecule has 0 aliphatic carbocycles.